The number of aromatic nitrogens is 3. The highest BCUT2D eigenvalue weighted by Crippen LogP contribution is 2.18. The van der Waals surface area contributed by atoms with Gasteiger partial charge >= 0.3 is 0 Å². The fourth-order valence-electron chi connectivity index (χ4n) is 3.86. The van der Waals surface area contributed by atoms with E-state index in [1.165, 1.54) is 5.56 Å². The second kappa shape index (κ2) is 9.20. The number of amides is 2. The van der Waals surface area contributed by atoms with Crippen LogP contribution in [0.25, 0.3) is 5.69 Å². The molecule has 1 fully saturated rings. The Kier molecular flexibility index (Phi) is 6.67. The minimum Gasteiger partial charge on any atom is -0.348 e. The van der Waals surface area contributed by atoms with Crippen LogP contribution in [0, 0.1) is 19.8 Å². The van der Waals surface area contributed by atoms with Crippen LogP contribution in [-0.2, 0) is 4.79 Å². The van der Waals surface area contributed by atoms with Gasteiger partial charge in [-0.15, -0.1) is 5.10 Å². The maximum atomic E-state index is 12.7. The Balaban J connectivity index is 1.59. The zero-order valence-electron chi connectivity index (χ0n) is 17.8. The van der Waals surface area contributed by atoms with E-state index in [1.807, 2.05) is 43.0 Å². The van der Waals surface area contributed by atoms with Gasteiger partial charge in [0.15, 0.2) is 5.69 Å². The summed E-state index contributed by atoms with van der Waals surface area (Å²) >= 11 is 0. The molecule has 2 aromatic rings. The SMILES string of the molecule is CCC(CC)C(=O)N1CCC(NC(=O)c2nnn(-c3ccc(C)cc3)c2C)CC1. The summed E-state index contributed by atoms with van der Waals surface area (Å²) in [5.41, 5.74) is 3.11. The molecule has 1 saturated heterocycles. The summed E-state index contributed by atoms with van der Waals surface area (Å²) in [7, 11) is 0. The molecule has 156 valence electrons. The normalized spacial score (nSPS) is 15.0. The summed E-state index contributed by atoms with van der Waals surface area (Å²) in [6, 6.07) is 7.99. The van der Waals surface area contributed by atoms with Crippen LogP contribution in [0.4, 0.5) is 0 Å². The van der Waals surface area contributed by atoms with Gasteiger partial charge in [0, 0.05) is 25.0 Å². The molecule has 3 rings (SSSR count). The van der Waals surface area contributed by atoms with Crippen molar-refractivity contribution in [2.75, 3.05) is 13.1 Å². The van der Waals surface area contributed by atoms with Gasteiger partial charge in [0.2, 0.25) is 5.91 Å². The first-order valence-corrected chi connectivity index (χ1v) is 10.5. The highest BCUT2D eigenvalue weighted by Gasteiger charge is 2.28. The summed E-state index contributed by atoms with van der Waals surface area (Å²) in [5.74, 6) is 0.155. The first-order chi connectivity index (χ1) is 13.9. The van der Waals surface area contributed by atoms with Crippen molar-refractivity contribution in [3.8, 4) is 5.69 Å². The molecule has 7 nitrogen and oxygen atoms in total. The number of carbonyl (C=O) groups excluding carboxylic acids is 2. The third kappa shape index (κ3) is 4.66. The summed E-state index contributed by atoms with van der Waals surface area (Å²) in [4.78, 5) is 27.2. The van der Waals surface area contributed by atoms with Gasteiger partial charge in [0.1, 0.15) is 0 Å². The number of hydrogen-bond acceptors (Lipinski definition) is 4. The van der Waals surface area contributed by atoms with E-state index in [0.717, 1.165) is 31.4 Å². The maximum Gasteiger partial charge on any atom is 0.273 e. The molecule has 0 radical (unpaired) electrons. The van der Waals surface area contributed by atoms with Crippen molar-refractivity contribution in [1.29, 1.82) is 0 Å². The van der Waals surface area contributed by atoms with Gasteiger partial charge < -0.3 is 10.2 Å². The van der Waals surface area contributed by atoms with Crippen LogP contribution in [0.3, 0.4) is 0 Å². The Bertz CT molecular complexity index is 847. The van der Waals surface area contributed by atoms with Gasteiger partial charge in [-0.05, 0) is 51.7 Å². The van der Waals surface area contributed by atoms with Crippen molar-refractivity contribution in [3.63, 3.8) is 0 Å². The van der Waals surface area contributed by atoms with Crippen molar-refractivity contribution in [2.45, 2.75) is 59.4 Å². The minimum atomic E-state index is -0.203. The second-order valence-corrected chi connectivity index (χ2v) is 7.86. The molecule has 29 heavy (non-hydrogen) atoms. The summed E-state index contributed by atoms with van der Waals surface area (Å²) < 4.78 is 1.69. The predicted molar refractivity (Wildman–Crippen MR) is 112 cm³/mol. The number of nitrogens with zero attached hydrogens (tertiary/aromatic N) is 4. The van der Waals surface area contributed by atoms with Crippen LogP contribution < -0.4 is 5.32 Å². The molecule has 0 saturated carbocycles. The highest BCUT2D eigenvalue weighted by atomic mass is 16.2. The monoisotopic (exact) mass is 397 g/mol. The molecule has 1 N–H and O–H groups in total. The zero-order chi connectivity index (χ0) is 21.0. The molecule has 1 aromatic carbocycles. The van der Waals surface area contributed by atoms with Crippen LogP contribution in [0.2, 0.25) is 0 Å². The molecule has 0 atom stereocenters. The molecule has 0 bridgehead atoms. The molecule has 0 spiro atoms. The fourth-order valence-corrected chi connectivity index (χ4v) is 3.86. The number of nitrogens with one attached hydrogen (secondary N) is 1. The largest absolute Gasteiger partial charge is 0.348 e. The van der Waals surface area contributed by atoms with Crippen molar-refractivity contribution in [2.24, 2.45) is 5.92 Å². The van der Waals surface area contributed by atoms with Crippen molar-refractivity contribution in [1.82, 2.24) is 25.2 Å². The Labute approximate surface area is 172 Å². The summed E-state index contributed by atoms with van der Waals surface area (Å²) in [6.45, 7) is 9.38. The number of aryl methyl sites for hydroxylation is 1. The molecule has 1 aromatic heterocycles. The molecular formula is C22H31N5O2. The molecular weight excluding hydrogens is 366 g/mol. The molecule has 2 amide bonds. The summed E-state index contributed by atoms with van der Waals surface area (Å²) in [6.07, 6.45) is 3.29. The highest BCUT2D eigenvalue weighted by molar-refractivity contribution is 5.93. The van der Waals surface area contributed by atoms with Crippen LogP contribution in [0.5, 0.6) is 0 Å². The van der Waals surface area contributed by atoms with Crippen LogP contribution in [0.1, 0.15) is 61.3 Å². The van der Waals surface area contributed by atoms with E-state index in [4.69, 9.17) is 0 Å². The van der Waals surface area contributed by atoms with Crippen molar-refractivity contribution >= 4 is 11.8 Å². The third-order valence-corrected chi connectivity index (χ3v) is 5.86. The van der Waals surface area contributed by atoms with E-state index >= 15 is 0 Å². The Hall–Kier alpha value is -2.70. The molecule has 2 heterocycles. The van der Waals surface area contributed by atoms with E-state index in [9.17, 15) is 9.59 Å². The molecule has 7 heteroatoms. The average Bonchev–Trinajstić information content (AvgIpc) is 3.11. The Morgan fingerprint density at radius 1 is 1.10 bits per heavy atom. The second-order valence-electron chi connectivity index (χ2n) is 7.86. The standard InChI is InChI=1S/C22H31N5O2/c1-5-17(6-2)22(29)26-13-11-18(12-14-26)23-21(28)20-16(4)27(25-24-20)19-9-7-15(3)8-10-19/h7-10,17-18H,5-6,11-14H2,1-4H3,(H,23,28). The average molecular weight is 398 g/mol. The smallest absolute Gasteiger partial charge is 0.273 e. The summed E-state index contributed by atoms with van der Waals surface area (Å²) in [5, 5.41) is 11.3. The van der Waals surface area contributed by atoms with Gasteiger partial charge in [0.25, 0.3) is 5.91 Å². The first-order valence-electron chi connectivity index (χ1n) is 10.5. The first kappa shape index (κ1) is 21.0. The Morgan fingerprint density at radius 2 is 1.72 bits per heavy atom. The van der Waals surface area contributed by atoms with E-state index < -0.39 is 0 Å². The topological polar surface area (TPSA) is 80.1 Å². The number of benzene rings is 1. The zero-order valence-corrected chi connectivity index (χ0v) is 17.8. The van der Waals surface area contributed by atoms with E-state index in [0.29, 0.717) is 24.5 Å². The molecule has 1 aliphatic rings. The van der Waals surface area contributed by atoms with Gasteiger partial charge in [-0.2, -0.15) is 0 Å². The third-order valence-electron chi connectivity index (χ3n) is 5.86. The fraction of sp³-hybridized carbons (Fsp3) is 0.545. The van der Waals surface area contributed by atoms with E-state index in [1.54, 1.807) is 4.68 Å². The number of carbonyl (C=O) groups is 2. The van der Waals surface area contributed by atoms with E-state index in [2.05, 4.69) is 29.5 Å². The lowest BCUT2D eigenvalue weighted by molar-refractivity contribution is -0.136. The molecule has 0 unspecified atom stereocenters. The molecule has 0 aliphatic carbocycles. The quantitative estimate of drug-likeness (QED) is 0.812. The molecule has 1 aliphatic heterocycles. The van der Waals surface area contributed by atoms with Gasteiger partial charge in [0.05, 0.1) is 11.4 Å². The minimum absolute atomic E-state index is 0.0529. The number of likely N-dealkylation sites (tertiary alicyclic amines) is 1. The van der Waals surface area contributed by atoms with Gasteiger partial charge in [-0.25, -0.2) is 4.68 Å². The van der Waals surface area contributed by atoms with Crippen molar-refractivity contribution in [3.05, 3.63) is 41.2 Å². The van der Waals surface area contributed by atoms with Crippen LogP contribution in [-0.4, -0.2) is 50.8 Å². The van der Waals surface area contributed by atoms with Crippen LogP contribution in [0.15, 0.2) is 24.3 Å². The number of piperidine rings is 1. The lowest BCUT2D eigenvalue weighted by Gasteiger charge is -2.34. The van der Waals surface area contributed by atoms with Gasteiger partial charge in [-0.3, -0.25) is 9.59 Å². The lowest BCUT2D eigenvalue weighted by Crippen LogP contribution is -2.48. The number of hydrogen-bond donors (Lipinski definition) is 1. The van der Waals surface area contributed by atoms with E-state index in [-0.39, 0.29) is 23.8 Å². The van der Waals surface area contributed by atoms with Crippen molar-refractivity contribution < 1.29 is 9.59 Å². The predicted octanol–water partition coefficient (Wildman–Crippen LogP) is 3.04. The van der Waals surface area contributed by atoms with Crippen LogP contribution >= 0.6 is 0 Å². The van der Waals surface area contributed by atoms with Gasteiger partial charge in [-0.1, -0.05) is 36.8 Å². The maximum absolute atomic E-state index is 12.7. The Morgan fingerprint density at radius 3 is 2.31 bits per heavy atom. The number of rotatable bonds is 6. The lowest BCUT2D eigenvalue weighted by atomic mass is 9.98.